The van der Waals surface area contributed by atoms with Crippen molar-refractivity contribution < 1.29 is 0 Å². The van der Waals surface area contributed by atoms with Gasteiger partial charge < -0.3 is 0 Å². The average Bonchev–Trinajstić information content (AvgIpc) is 2.60. The SMILES string of the molecule is Cc1ccc(-c2nc(CC#N)c(C)s2)c(C)c1. The Labute approximate surface area is 106 Å². The maximum Gasteiger partial charge on any atom is 0.124 e. The molecule has 3 heteroatoms. The van der Waals surface area contributed by atoms with Crippen LogP contribution in [0.2, 0.25) is 0 Å². The van der Waals surface area contributed by atoms with Gasteiger partial charge in [-0.05, 0) is 26.3 Å². The van der Waals surface area contributed by atoms with E-state index in [2.05, 4.69) is 43.1 Å². The summed E-state index contributed by atoms with van der Waals surface area (Å²) in [7, 11) is 0. The summed E-state index contributed by atoms with van der Waals surface area (Å²) in [4.78, 5) is 5.70. The van der Waals surface area contributed by atoms with Crippen LogP contribution in [0.4, 0.5) is 0 Å². The topological polar surface area (TPSA) is 36.7 Å². The number of aryl methyl sites for hydroxylation is 3. The lowest BCUT2D eigenvalue weighted by molar-refractivity contribution is 1.13. The van der Waals surface area contributed by atoms with Crippen LogP contribution in [0.25, 0.3) is 10.6 Å². The Bertz CT molecular complexity index is 591. The van der Waals surface area contributed by atoms with E-state index in [-0.39, 0.29) is 0 Å². The highest BCUT2D eigenvalue weighted by atomic mass is 32.1. The van der Waals surface area contributed by atoms with Gasteiger partial charge in [-0.15, -0.1) is 11.3 Å². The lowest BCUT2D eigenvalue weighted by Crippen LogP contribution is -1.86. The number of nitriles is 1. The number of hydrogen-bond donors (Lipinski definition) is 0. The molecule has 0 unspecified atom stereocenters. The van der Waals surface area contributed by atoms with Crippen molar-refractivity contribution in [3.05, 3.63) is 39.9 Å². The maximum absolute atomic E-state index is 8.73. The Morgan fingerprint density at radius 1 is 1.29 bits per heavy atom. The van der Waals surface area contributed by atoms with Crippen LogP contribution in [0.15, 0.2) is 18.2 Å². The number of rotatable bonds is 2. The van der Waals surface area contributed by atoms with E-state index in [9.17, 15) is 0 Å². The Balaban J connectivity index is 2.47. The molecule has 0 atom stereocenters. The minimum absolute atomic E-state index is 0.396. The summed E-state index contributed by atoms with van der Waals surface area (Å²) >= 11 is 1.67. The van der Waals surface area contributed by atoms with Crippen molar-refractivity contribution in [2.24, 2.45) is 0 Å². The molecule has 0 aliphatic heterocycles. The zero-order valence-electron chi connectivity index (χ0n) is 10.2. The number of thiazole rings is 1. The molecule has 0 amide bonds. The van der Waals surface area contributed by atoms with Gasteiger partial charge >= 0.3 is 0 Å². The molecule has 2 aromatic rings. The standard InChI is InChI=1S/C14H14N2S/c1-9-4-5-12(10(2)8-9)14-16-13(6-7-15)11(3)17-14/h4-5,8H,6H2,1-3H3. The van der Waals surface area contributed by atoms with Crippen molar-refractivity contribution >= 4 is 11.3 Å². The molecule has 1 aromatic carbocycles. The second-order valence-corrected chi connectivity index (χ2v) is 5.38. The van der Waals surface area contributed by atoms with E-state index in [4.69, 9.17) is 5.26 Å². The Hall–Kier alpha value is -1.66. The van der Waals surface area contributed by atoms with Crippen LogP contribution in [0.3, 0.4) is 0 Å². The third-order valence-electron chi connectivity index (χ3n) is 2.75. The lowest BCUT2D eigenvalue weighted by atomic mass is 10.1. The number of benzene rings is 1. The van der Waals surface area contributed by atoms with E-state index in [0.717, 1.165) is 15.6 Å². The first-order chi connectivity index (χ1) is 8.11. The second kappa shape index (κ2) is 4.68. The highest BCUT2D eigenvalue weighted by molar-refractivity contribution is 7.15. The zero-order chi connectivity index (χ0) is 12.4. The fourth-order valence-electron chi connectivity index (χ4n) is 1.84. The highest BCUT2D eigenvalue weighted by Crippen LogP contribution is 2.30. The molecule has 1 heterocycles. The highest BCUT2D eigenvalue weighted by Gasteiger charge is 2.10. The van der Waals surface area contributed by atoms with Crippen LogP contribution in [0.5, 0.6) is 0 Å². The van der Waals surface area contributed by atoms with Gasteiger partial charge in [0.15, 0.2) is 0 Å². The summed E-state index contributed by atoms with van der Waals surface area (Å²) in [6, 6.07) is 8.53. The van der Waals surface area contributed by atoms with Crippen LogP contribution >= 0.6 is 11.3 Å². The molecular formula is C14H14N2S. The normalized spacial score (nSPS) is 10.2. The van der Waals surface area contributed by atoms with Gasteiger partial charge in [0.2, 0.25) is 0 Å². The van der Waals surface area contributed by atoms with Gasteiger partial charge in [0.1, 0.15) is 5.01 Å². The van der Waals surface area contributed by atoms with E-state index >= 15 is 0 Å². The van der Waals surface area contributed by atoms with Crippen LogP contribution in [0.1, 0.15) is 21.7 Å². The fraction of sp³-hybridized carbons (Fsp3) is 0.286. The van der Waals surface area contributed by atoms with E-state index in [1.54, 1.807) is 11.3 Å². The van der Waals surface area contributed by atoms with Gasteiger partial charge in [-0.2, -0.15) is 5.26 Å². The minimum Gasteiger partial charge on any atom is -0.240 e. The smallest absolute Gasteiger partial charge is 0.124 e. The average molecular weight is 242 g/mol. The third-order valence-corrected chi connectivity index (χ3v) is 3.80. The summed E-state index contributed by atoms with van der Waals surface area (Å²) in [5.74, 6) is 0. The van der Waals surface area contributed by atoms with E-state index in [1.165, 1.54) is 16.7 Å². The molecule has 2 rings (SSSR count). The first kappa shape index (κ1) is 11.8. The van der Waals surface area contributed by atoms with Crippen molar-refractivity contribution in [3.8, 4) is 16.6 Å². The zero-order valence-corrected chi connectivity index (χ0v) is 11.1. The predicted octanol–water partition coefficient (Wildman–Crippen LogP) is 3.80. The molecule has 0 radical (unpaired) electrons. The maximum atomic E-state index is 8.73. The largest absolute Gasteiger partial charge is 0.240 e. The summed E-state index contributed by atoms with van der Waals surface area (Å²) < 4.78 is 0. The van der Waals surface area contributed by atoms with Gasteiger partial charge in [0.05, 0.1) is 18.2 Å². The first-order valence-corrected chi connectivity index (χ1v) is 6.34. The fourth-order valence-corrected chi connectivity index (χ4v) is 2.86. The molecule has 0 N–H and O–H groups in total. The molecule has 0 bridgehead atoms. The van der Waals surface area contributed by atoms with E-state index < -0.39 is 0 Å². The molecule has 86 valence electrons. The number of aromatic nitrogens is 1. The Morgan fingerprint density at radius 3 is 2.71 bits per heavy atom. The predicted molar refractivity (Wildman–Crippen MR) is 71.1 cm³/mol. The quantitative estimate of drug-likeness (QED) is 0.803. The van der Waals surface area contributed by atoms with Crippen molar-refractivity contribution in [2.75, 3.05) is 0 Å². The molecule has 0 fully saturated rings. The lowest BCUT2D eigenvalue weighted by Gasteiger charge is -2.02. The second-order valence-electron chi connectivity index (χ2n) is 4.18. The van der Waals surface area contributed by atoms with Crippen molar-refractivity contribution in [2.45, 2.75) is 27.2 Å². The Kier molecular flexibility index (Phi) is 3.26. The molecular weight excluding hydrogens is 228 g/mol. The van der Waals surface area contributed by atoms with Crippen LogP contribution < -0.4 is 0 Å². The Morgan fingerprint density at radius 2 is 2.06 bits per heavy atom. The first-order valence-electron chi connectivity index (χ1n) is 5.52. The summed E-state index contributed by atoms with van der Waals surface area (Å²) in [5, 5.41) is 9.75. The molecule has 1 aromatic heterocycles. The van der Waals surface area contributed by atoms with Gasteiger partial charge in [0.25, 0.3) is 0 Å². The molecule has 0 aliphatic rings. The third kappa shape index (κ3) is 2.37. The van der Waals surface area contributed by atoms with Gasteiger partial charge in [0, 0.05) is 10.4 Å². The monoisotopic (exact) mass is 242 g/mol. The van der Waals surface area contributed by atoms with Crippen molar-refractivity contribution in [3.63, 3.8) is 0 Å². The van der Waals surface area contributed by atoms with Crippen LogP contribution in [-0.4, -0.2) is 4.98 Å². The summed E-state index contributed by atoms with van der Waals surface area (Å²) in [5.41, 5.74) is 4.58. The van der Waals surface area contributed by atoms with E-state index in [0.29, 0.717) is 6.42 Å². The molecule has 0 saturated heterocycles. The molecule has 0 saturated carbocycles. The molecule has 0 spiro atoms. The summed E-state index contributed by atoms with van der Waals surface area (Å²) in [6.07, 6.45) is 0.396. The van der Waals surface area contributed by atoms with Crippen LogP contribution in [-0.2, 0) is 6.42 Å². The van der Waals surface area contributed by atoms with E-state index in [1.807, 2.05) is 6.92 Å². The number of nitrogens with zero attached hydrogens (tertiary/aromatic N) is 2. The van der Waals surface area contributed by atoms with Crippen LogP contribution in [0, 0.1) is 32.1 Å². The van der Waals surface area contributed by atoms with Crippen molar-refractivity contribution in [1.82, 2.24) is 4.98 Å². The molecule has 17 heavy (non-hydrogen) atoms. The van der Waals surface area contributed by atoms with Crippen molar-refractivity contribution in [1.29, 1.82) is 5.26 Å². The number of hydrogen-bond acceptors (Lipinski definition) is 3. The van der Waals surface area contributed by atoms with Gasteiger partial charge in [-0.3, -0.25) is 0 Å². The van der Waals surface area contributed by atoms with Gasteiger partial charge in [-0.25, -0.2) is 4.98 Å². The molecule has 2 nitrogen and oxygen atoms in total. The minimum atomic E-state index is 0.396. The summed E-state index contributed by atoms with van der Waals surface area (Å²) in [6.45, 7) is 6.21. The van der Waals surface area contributed by atoms with Gasteiger partial charge in [-0.1, -0.05) is 23.8 Å². The molecule has 0 aliphatic carbocycles.